The van der Waals surface area contributed by atoms with Crippen molar-refractivity contribution in [3.8, 4) is 40.4 Å². The third kappa shape index (κ3) is 5.98. The first kappa shape index (κ1) is 50.0. The van der Waals surface area contributed by atoms with Crippen LogP contribution in [-0.4, -0.2) is 204 Å². The number of hydrogen-bond acceptors (Lipinski definition) is 3. The molecule has 0 radical (unpaired) electrons. The van der Waals surface area contributed by atoms with E-state index in [-0.39, 0.29) is 6.71 Å². The summed E-state index contributed by atoms with van der Waals surface area (Å²) < 4.78 is 20.3. The second-order valence-corrected chi connectivity index (χ2v) is 22.9. The van der Waals surface area contributed by atoms with Crippen LogP contribution in [0.2, 0.25) is 0 Å². The second kappa shape index (κ2) is 16.4. The van der Waals surface area contributed by atoms with Gasteiger partial charge in [-0.05, 0) is 32.5 Å². The number of rotatable bonds is 2. The number of benzene rings is 7. The van der Waals surface area contributed by atoms with Crippen molar-refractivity contribution < 1.29 is 9.47 Å². The molecule has 73 heavy (non-hydrogen) atoms. The molecule has 0 N–H and O–H groups in total. The average molecular weight is 909 g/mol. The maximum absolute atomic E-state index is 12.2. The predicted molar refractivity (Wildman–Crippen MR) is 394 cm³/mol. The Morgan fingerprint density at radius 2 is 0.562 bits per heavy atom. The van der Waals surface area contributed by atoms with Gasteiger partial charge < -0.3 is 18.6 Å². The summed E-state index contributed by atoms with van der Waals surface area (Å²) in [6, 6.07) is 2.91. The molecule has 0 atom stereocenters. The average Bonchev–Trinajstić information content (AvgIpc) is 3.91. The molecule has 2 aromatic heterocycles. The molecule has 30 heteroatoms. The zero-order valence-electron chi connectivity index (χ0n) is 48.2. The summed E-state index contributed by atoms with van der Waals surface area (Å²) in [6.07, 6.45) is 0. The monoisotopic (exact) mass is 914 g/mol. The van der Waals surface area contributed by atoms with Gasteiger partial charge in [0.1, 0.15) is 223 Å². The van der Waals surface area contributed by atoms with Crippen LogP contribution in [0, 0.1) is 11.3 Å². The SMILES string of the molecule is Bc1c(B)c(B)c2c(c1B)Oc1c(B)c(-n3c4c(B)c(B)c(B)c(B)c4c4c(B)c(B)c(B)c(-n5c6c(B)c(B)c(B)c(B)c6c6c(B)c(B)c(B)c(B)c65)c43)c(C#N)c3c1B2c1c(B)c(B)c(B)c(B)c1O3. The Bertz CT molecular complexity index is 4190. The quantitative estimate of drug-likeness (QED) is 0.162. The molecule has 0 aliphatic carbocycles. The van der Waals surface area contributed by atoms with E-state index in [1.54, 1.807) is 0 Å². The number of ether oxygens (including phenoxy) is 2. The summed E-state index contributed by atoms with van der Waals surface area (Å²) in [5.41, 5.74) is 40.6. The smallest absolute Gasteiger partial charge is 0.259 e. The van der Waals surface area contributed by atoms with Crippen LogP contribution in [0.3, 0.4) is 0 Å². The van der Waals surface area contributed by atoms with Gasteiger partial charge in [0.05, 0.1) is 16.9 Å². The highest BCUT2D eigenvalue weighted by atomic mass is 16.5. The third-order valence-corrected chi connectivity index (χ3v) is 20.5. The minimum Gasteiger partial charge on any atom is -0.459 e. The number of hydrogen-bond donors (Lipinski definition) is 0. The molecule has 0 saturated heterocycles. The molecule has 5 nitrogen and oxygen atoms in total. The van der Waals surface area contributed by atoms with Crippen molar-refractivity contribution in [1.82, 2.24) is 9.13 Å². The van der Waals surface area contributed by atoms with Crippen molar-refractivity contribution >= 4 is 386 Å². The molecular weight excluding hydrogens is 861 g/mol. The van der Waals surface area contributed by atoms with E-state index in [0.717, 1.165) is 61.5 Å². The van der Waals surface area contributed by atoms with Crippen molar-refractivity contribution in [3.05, 3.63) is 5.56 Å². The fraction of sp³-hybridized carbons (Fsp3) is 0. The van der Waals surface area contributed by atoms with E-state index >= 15 is 0 Å². The number of aromatic nitrogens is 2. The maximum Gasteiger partial charge on any atom is 0.259 e. The van der Waals surface area contributed by atoms with Gasteiger partial charge in [-0.15, -0.1) is 27.3 Å². The first-order valence-corrected chi connectivity index (χ1v) is 26.5. The molecule has 2 aliphatic heterocycles. The van der Waals surface area contributed by atoms with Crippen LogP contribution in [0.1, 0.15) is 5.56 Å². The van der Waals surface area contributed by atoms with Gasteiger partial charge in [0.2, 0.25) is 0 Å². The van der Waals surface area contributed by atoms with Crippen LogP contribution in [-0.2, 0) is 0 Å². The molecule has 0 spiro atoms. The molecule has 11 rings (SSSR count). The first-order chi connectivity index (χ1) is 34.3. The zero-order valence-corrected chi connectivity index (χ0v) is 48.2. The van der Waals surface area contributed by atoms with Crippen molar-refractivity contribution in [3.63, 3.8) is 0 Å². The fourth-order valence-corrected chi connectivity index (χ4v) is 14.2. The number of nitriles is 1. The van der Waals surface area contributed by atoms with Crippen LogP contribution in [0.5, 0.6) is 23.0 Å². The Kier molecular flexibility index (Phi) is 11.3. The minimum absolute atomic E-state index is 0.198. The van der Waals surface area contributed by atoms with Gasteiger partial charge in [0, 0.05) is 27.4 Å². The normalized spacial score (nSPS) is 12.5. The van der Waals surface area contributed by atoms with Crippen molar-refractivity contribution in [2.75, 3.05) is 0 Å². The highest BCUT2D eigenvalue weighted by Crippen LogP contribution is 2.41. The van der Waals surface area contributed by atoms with Crippen LogP contribution < -0.4 is 157 Å². The lowest BCUT2D eigenvalue weighted by Gasteiger charge is -2.40. The highest BCUT2D eigenvalue weighted by molar-refractivity contribution is 7.03. The van der Waals surface area contributed by atoms with E-state index in [9.17, 15) is 5.26 Å². The van der Waals surface area contributed by atoms with Crippen molar-refractivity contribution in [2.24, 2.45) is 0 Å². The van der Waals surface area contributed by atoms with Gasteiger partial charge in [-0.2, -0.15) is 5.26 Å². The molecule has 0 amide bonds. The van der Waals surface area contributed by atoms with E-state index < -0.39 is 0 Å². The lowest BCUT2D eigenvalue weighted by molar-refractivity contribution is 0.470. The highest BCUT2D eigenvalue weighted by Gasteiger charge is 2.47. The molecule has 0 unspecified atom stereocenters. The summed E-state index contributed by atoms with van der Waals surface area (Å²) in [5, 5.41) is 17.3. The summed E-state index contributed by atoms with van der Waals surface area (Å²) in [5.74, 6) is 3.17. The third-order valence-electron chi connectivity index (χ3n) is 20.5. The number of nitrogens with zero attached hydrogens (tertiary/aromatic N) is 3. The lowest BCUT2D eigenvalue weighted by atomic mass is 9.30. The predicted octanol–water partition coefficient (Wildman–Crippen LogP) is -33.3. The zero-order chi connectivity index (χ0) is 53.1. The van der Waals surface area contributed by atoms with Gasteiger partial charge in [0.15, 0.2) is 0 Å². The van der Waals surface area contributed by atoms with Crippen molar-refractivity contribution in [1.29, 1.82) is 5.26 Å². The van der Waals surface area contributed by atoms with Gasteiger partial charge in [-0.25, -0.2) is 0 Å². The molecule has 0 saturated carbocycles. The second-order valence-electron chi connectivity index (χ2n) is 22.9. The van der Waals surface area contributed by atoms with E-state index in [1.807, 2.05) is 0 Å². The van der Waals surface area contributed by atoms with Gasteiger partial charge in [-0.1, -0.05) is 98.3 Å². The molecule has 9 aromatic rings. The van der Waals surface area contributed by atoms with Crippen LogP contribution in [0.25, 0.3) is 55.0 Å². The van der Waals surface area contributed by atoms with E-state index in [4.69, 9.17) is 9.47 Å². The molecule has 0 bridgehead atoms. The summed E-state index contributed by atoms with van der Waals surface area (Å²) in [7, 11) is 54.8. The Morgan fingerprint density at radius 1 is 0.274 bits per heavy atom. The Hall–Kier alpha value is -5.15. The van der Waals surface area contributed by atoms with Gasteiger partial charge >= 0.3 is 0 Å². The van der Waals surface area contributed by atoms with Crippen molar-refractivity contribution in [2.45, 2.75) is 0 Å². The van der Waals surface area contributed by atoms with Crippen LogP contribution in [0.15, 0.2) is 0 Å². The summed E-state index contributed by atoms with van der Waals surface area (Å²) in [4.78, 5) is 0. The van der Waals surface area contributed by atoms with Gasteiger partial charge in [-0.3, -0.25) is 0 Å². The minimum atomic E-state index is -0.198. The molecule has 4 heterocycles. The fourth-order valence-electron chi connectivity index (χ4n) is 14.2. The first-order valence-electron chi connectivity index (χ1n) is 26.5. The van der Waals surface area contributed by atoms with E-state index in [0.29, 0.717) is 11.3 Å². The molecule has 0 fully saturated rings. The molecular formula is C43H48B25N3O2. The largest absolute Gasteiger partial charge is 0.459 e. The Morgan fingerprint density at radius 3 is 0.945 bits per heavy atom. The standard InChI is InChI=1S/C43H48B25N3O2/c44-7-3-4-8(45)12(49)19(56)26(63)37(4)71(36(3)25(62)18(55)11(7)48)39-27(64)14(51)10(47)6-5-9(46)13(50)17(54)24(61)35(5)70(38(6)39)34-2(1-69)40-33-43(30(34)67)73-42-29(66)21(58)16(53)23(60)32(42)68(33)31-22(59)15(52)20(57)28(65)41(31)72-40/h44-67H2. The molecule has 2 aliphatic rings. The topological polar surface area (TPSA) is 52.1 Å². The van der Waals surface area contributed by atoms with Gasteiger partial charge in [0.25, 0.3) is 6.71 Å². The van der Waals surface area contributed by atoms with E-state index in [2.05, 4.69) is 204 Å². The molecule has 7 aromatic carbocycles. The van der Waals surface area contributed by atoms with E-state index in [1.165, 1.54) is 158 Å². The Labute approximate surface area is 453 Å². The lowest BCUT2D eigenvalue weighted by Crippen LogP contribution is -2.72. The maximum atomic E-state index is 12.2. The molecule has 322 valence electrons. The van der Waals surface area contributed by atoms with Crippen LogP contribution >= 0.6 is 0 Å². The Balaban J connectivity index is 1.45. The summed E-state index contributed by atoms with van der Waals surface area (Å²) in [6.45, 7) is -0.198. The van der Waals surface area contributed by atoms with Crippen LogP contribution in [0.4, 0.5) is 0 Å². The summed E-state index contributed by atoms with van der Waals surface area (Å²) >= 11 is 0. The number of fused-ring (bicyclic) bond motifs is 10.